The second kappa shape index (κ2) is 8.67. The van der Waals surface area contributed by atoms with Crippen molar-refractivity contribution in [3.63, 3.8) is 0 Å². The number of aromatic nitrogens is 2. The van der Waals surface area contributed by atoms with E-state index in [1.54, 1.807) is 24.4 Å². The highest BCUT2D eigenvalue weighted by atomic mass is 32.1. The third-order valence-electron chi connectivity index (χ3n) is 4.48. The number of pyridine rings is 1. The lowest BCUT2D eigenvalue weighted by Crippen LogP contribution is -2.26. The number of rotatable bonds is 6. The fraction of sp³-hybridized carbons (Fsp3) is 0.0870. The van der Waals surface area contributed by atoms with Crippen LogP contribution in [-0.2, 0) is 6.42 Å². The number of aromatic hydroxyl groups is 1. The summed E-state index contributed by atoms with van der Waals surface area (Å²) in [6.07, 6.45) is 2.42. The van der Waals surface area contributed by atoms with Crippen molar-refractivity contribution in [1.82, 2.24) is 15.3 Å². The maximum atomic E-state index is 12.8. The fourth-order valence-corrected chi connectivity index (χ4v) is 3.88. The van der Waals surface area contributed by atoms with Crippen molar-refractivity contribution >= 4 is 17.2 Å². The monoisotopic (exact) mass is 401 g/mol. The Morgan fingerprint density at radius 2 is 1.72 bits per heavy atom. The van der Waals surface area contributed by atoms with E-state index in [-0.39, 0.29) is 11.7 Å². The zero-order chi connectivity index (χ0) is 20.1. The molecule has 0 aliphatic heterocycles. The van der Waals surface area contributed by atoms with Gasteiger partial charge in [-0.25, -0.2) is 4.98 Å². The summed E-state index contributed by atoms with van der Waals surface area (Å²) in [5.74, 6) is 0.0441. The quantitative estimate of drug-likeness (QED) is 0.497. The highest BCUT2D eigenvalue weighted by Crippen LogP contribution is 2.34. The molecule has 0 spiro atoms. The Bertz CT molecular complexity index is 1130. The molecule has 5 nitrogen and oxygen atoms in total. The van der Waals surface area contributed by atoms with Crippen molar-refractivity contribution in [2.45, 2.75) is 6.42 Å². The normalized spacial score (nSPS) is 10.6. The van der Waals surface area contributed by atoms with E-state index >= 15 is 0 Å². The molecule has 2 N–H and O–H groups in total. The zero-order valence-electron chi connectivity index (χ0n) is 15.6. The molecule has 0 fully saturated rings. The lowest BCUT2D eigenvalue weighted by Gasteiger charge is -2.09. The Morgan fingerprint density at radius 3 is 2.52 bits per heavy atom. The molecule has 144 valence electrons. The molecule has 4 rings (SSSR count). The number of phenols is 1. The smallest absolute Gasteiger partial charge is 0.251 e. The molecule has 0 radical (unpaired) electrons. The second-order valence-corrected chi connectivity index (χ2v) is 7.29. The van der Waals surface area contributed by atoms with Gasteiger partial charge in [0.25, 0.3) is 5.91 Å². The third-order valence-corrected chi connectivity index (χ3v) is 5.35. The van der Waals surface area contributed by atoms with Crippen LogP contribution in [0.2, 0.25) is 0 Å². The number of amides is 1. The number of nitrogens with one attached hydrogen (secondary N) is 1. The van der Waals surface area contributed by atoms with Gasteiger partial charge in [-0.1, -0.05) is 36.4 Å². The van der Waals surface area contributed by atoms with Gasteiger partial charge >= 0.3 is 0 Å². The average molecular weight is 401 g/mol. The van der Waals surface area contributed by atoms with Crippen LogP contribution in [0, 0.1) is 0 Å². The Morgan fingerprint density at radius 1 is 0.966 bits per heavy atom. The first-order valence-electron chi connectivity index (χ1n) is 9.24. The number of carbonyl (C=O) groups is 1. The SMILES string of the molecule is O=C(NCCc1ccccn1)c1ccccc1-c1csc(-c2ccccc2O)n1. The predicted octanol–water partition coefficient (Wildman–Crippen LogP) is 4.55. The molecular formula is C23H19N3O2S. The van der Waals surface area contributed by atoms with Crippen molar-refractivity contribution in [2.75, 3.05) is 6.54 Å². The van der Waals surface area contributed by atoms with Crippen LogP contribution in [0.4, 0.5) is 0 Å². The standard InChI is InChI=1S/C23H19N3O2S/c27-21-11-4-3-10-19(21)23-26-20(15-29-23)17-8-1-2-9-18(17)22(28)25-14-12-16-7-5-6-13-24-16/h1-11,13,15,27H,12,14H2,(H,25,28). The highest BCUT2D eigenvalue weighted by molar-refractivity contribution is 7.13. The summed E-state index contributed by atoms with van der Waals surface area (Å²) in [7, 11) is 0. The summed E-state index contributed by atoms with van der Waals surface area (Å²) < 4.78 is 0. The molecule has 0 saturated heterocycles. The summed E-state index contributed by atoms with van der Waals surface area (Å²) in [5.41, 5.74) is 3.67. The molecule has 1 amide bonds. The first kappa shape index (κ1) is 18.8. The molecule has 0 aliphatic rings. The summed E-state index contributed by atoms with van der Waals surface area (Å²) >= 11 is 1.44. The summed E-state index contributed by atoms with van der Waals surface area (Å²) in [4.78, 5) is 21.7. The van der Waals surface area contributed by atoms with Crippen molar-refractivity contribution in [2.24, 2.45) is 0 Å². The van der Waals surface area contributed by atoms with E-state index in [0.29, 0.717) is 34.8 Å². The minimum atomic E-state index is -0.145. The van der Waals surface area contributed by atoms with Crippen molar-refractivity contribution in [3.05, 3.63) is 89.6 Å². The minimum Gasteiger partial charge on any atom is -0.507 e. The number of hydrogen-bond donors (Lipinski definition) is 2. The number of phenolic OH excluding ortho intramolecular Hbond substituents is 1. The van der Waals surface area contributed by atoms with Crippen LogP contribution in [0.25, 0.3) is 21.8 Å². The highest BCUT2D eigenvalue weighted by Gasteiger charge is 2.16. The third kappa shape index (κ3) is 4.33. The summed E-state index contributed by atoms with van der Waals surface area (Å²) in [5, 5.41) is 15.7. The molecule has 2 aromatic carbocycles. The Labute approximate surface area is 172 Å². The summed E-state index contributed by atoms with van der Waals surface area (Å²) in [6, 6.07) is 20.3. The van der Waals surface area contributed by atoms with E-state index in [4.69, 9.17) is 0 Å². The van der Waals surface area contributed by atoms with Gasteiger partial charge in [-0.15, -0.1) is 11.3 Å². The van der Waals surface area contributed by atoms with Gasteiger partial charge in [0.05, 0.1) is 11.3 Å². The van der Waals surface area contributed by atoms with Crippen LogP contribution < -0.4 is 5.32 Å². The van der Waals surface area contributed by atoms with Gasteiger partial charge in [0.1, 0.15) is 10.8 Å². The Hall–Kier alpha value is -3.51. The molecule has 0 aliphatic carbocycles. The molecule has 2 aromatic heterocycles. The molecular weight excluding hydrogens is 382 g/mol. The fourth-order valence-electron chi connectivity index (χ4n) is 3.03. The van der Waals surface area contributed by atoms with Crippen molar-refractivity contribution in [1.29, 1.82) is 0 Å². The van der Waals surface area contributed by atoms with Gasteiger partial charge in [0.15, 0.2) is 0 Å². The van der Waals surface area contributed by atoms with E-state index in [1.807, 2.05) is 53.9 Å². The molecule has 0 bridgehead atoms. The topological polar surface area (TPSA) is 75.1 Å². The molecule has 0 unspecified atom stereocenters. The summed E-state index contributed by atoms with van der Waals surface area (Å²) in [6.45, 7) is 0.504. The van der Waals surface area contributed by atoms with Crippen LogP contribution >= 0.6 is 11.3 Å². The van der Waals surface area contributed by atoms with Crippen LogP contribution in [0.1, 0.15) is 16.1 Å². The van der Waals surface area contributed by atoms with Gasteiger partial charge in [-0.2, -0.15) is 0 Å². The second-order valence-electron chi connectivity index (χ2n) is 6.43. The number of hydrogen-bond acceptors (Lipinski definition) is 5. The average Bonchev–Trinajstić information content (AvgIpc) is 3.24. The minimum absolute atomic E-state index is 0.145. The maximum Gasteiger partial charge on any atom is 0.251 e. The van der Waals surface area contributed by atoms with Gasteiger partial charge in [-0.05, 0) is 30.3 Å². The van der Waals surface area contributed by atoms with Gasteiger partial charge in [0.2, 0.25) is 0 Å². The van der Waals surface area contributed by atoms with Crippen LogP contribution in [0.3, 0.4) is 0 Å². The first-order chi connectivity index (χ1) is 14.2. The molecule has 4 aromatic rings. The Balaban J connectivity index is 1.53. The number of nitrogens with zero attached hydrogens (tertiary/aromatic N) is 2. The maximum absolute atomic E-state index is 12.8. The molecule has 0 atom stereocenters. The van der Waals surface area contributed by atoms with E-state index in [9.17, 15) is 9.90 Å². The van der Waals surface area contributed by atoms with Crippen LogP contribution in [0.15, 0.2) is 78.3 Å². The number of carbonyl (C=O) groups excluding carboxylic acids is 1. The predicted molar refractivity (Wildman–Crippen MR) is 115 cm³/mol. The lowest BCUT2D eigenvalue weighted by molar-refractivity contribution is 0.0954. The van der Waals surface area contributed by atoms with E-state index in [2.05, 4.69) is 15.3 Å². The van der Waals surface area contributed by atoms with E-state index < -0.39 is 0 Å². The van der Waals surface area contributed by atoms with Gasteiger partial charge < -0.3 is 10.4 Å². The molecule has 6 heteroatoms. The largest absolute Gasteiger partial charge is 0.507 e. The number of thiazole rings is 1. The van der Waals surface area contributed by atoms with E-state index in [0.717, 1.165) is 11.3 Å². The Kier molecular flexibility index (Phi) is 5.63. The van der Waals surface area contributed by atoms with E-state index in [1.165, 1.54) is 11.3 Å². The number of para-hydroxylation sites is 1. The molecule has 29 heavy (non-hydrogen) atoms. The zero-order valence-corrected chi connectivity index (χ0v) is 16.4. The molecule has 0 saturated carbocycles. The van der Waals surface area contributed by atoms with Crippen molar-refractivity contribution in [3.8, 4) is 27.6 Å². The van der Waals surface area contributed by atoms with Crippen molar-refractivity contribution < 1.29 is 9.90 Å². The lowest BCUT2D eigenvalue weighted by atomic mass is 10.0. The van der Waals surface area contributed by atoms with Crippen LogP contribution in [0.5, 0.6) is 5.75 Å². The van der Waals surface area contributed by atoms with Gasteiger partial charge in [-0.3, -0.25) is 9.78 Å². The first-order valence-corrected chi connectivity index (χ1v) is 10.1. The number of benzene rings is 2. The molecule has 2 heterocycles. The van der Waals surface area contributed by atoms with Crippen LogP contribution in [-0.4, -0.2) is 27.5 Å². The van der Waals surface area contributed by atoms with Gasteiger partial charge in [0, 0.05) is 41.4 Å².